The first-order chi connectivity index (χ1) is 10.1. The molecule has 1 saturated heterocycles. The molecule has 0 saturated carbocycles. The zero-order chi connectivity index (χ0) is 15.0. The van der Waals surface area contributed by atoms with Gasteiger partial charge >= 0.3 is 0 Å². The molecular weight excluding hydrogens is 272 g/mol. The van der Waals surface area contributed by atoms with E-state index in [1.807, 2.05) is 11.6 Å². The van der Waals surface area contributed by atoms with E-state index in [9.17, 15) is 4.79 Å². The second kappa shape index (κ2) is 5.08. The Kier molecular flexibility index (Phi) is 3.24. The molecule has 0 spiro atoms. The van der Waals surface area contributed by atoms with Gasteiger partial charge in [-0.05, 0) is 12.8 Å². The van der Waals surface area contributed by atoms with E-state index in [2.05, 4.69) is 20.0 Å². The summed E-state index contributed by atoms with van der Waals surface area (Å²) < 4.78 is 3.60. The van der Waals surface area contributed by atoms with Crippen molar-refractivity contribution in [2.75, 3.05) is 23.7 Å². The first-order valence-corrected chi connectivity index (χ1v) is 6.79. The maximum Gasteiger partial charge on any atom is 0.271 e. The van der Waals surface area contributed by atoms with Gasteiger partial charge in [-0.25, -0.2) is 9.67 Å². The zero-order valence-corrected chi connectivity index (χ0v) is 11.8. The van der Waals surface area contributed by atoms with Crippen LogP contribution in [0.2, 0.25) is 0 Å². The van der Waals surface area contributed by atoms with Gasteiger partial charge in [0.1, 0.15) is 12.1 Å². The summed E-state index contributed by atoms with van der Waals surface area (Å²) in [4.78, 5) is 21.6. The van der Waals surface area contributed by atoms with Gasteiger partial charge in [0.15, 0.2) is 5.69 Å². The molecule has 9 nitrogen and oxygen atoms in total. The summed E-state index contributed by atoms with van der Waals surface area (Å²) in [5.74, 6) is 0.618. The van der Waals surface area contributed by atoms with E-state index >= 15 is 0 Å². The summed E-state index contributed by atoms with van der Waals surface area (Å²) in [6, 6.07) is 0.218. The Morgan fingerprint density at radius 1 is 1.33 bits per heavy atom. The number of imidazole rings is 1. The molecular formula is C12H18N8O. The lowest BCUT2D eigenvalue weighted by Gasteiger charge is -2.33. The third kappa shape index (κ3) is 2.30. The van der Waals surface area contributed by atoms with Crippen LogP contribution < -0.4 is 16.4 Å². The molecule has 0 radical (unpaired) electrons. The summed E-state index contributed by atoms with van der Waals surface area (Å²) >= 11 is 0. The Bertz CT molecular complexity index is 652. The largest absolute Gasteiger partial charge is 0.383 e. The summed E-state index contributed by atoms with van der Waals surface area (Å²) in [5.41, 5.74) is 11.3. The molecule has 3 heterocycles. The highest BCUT2D eigenvalue weighted by Gasteiger charge is 2.25. The van der Waals surface area contributed by atoms with Gasteiger partial charge in [0.2, 0.25) is 5.95 Å². The number of nitrogens with two attached hydrogens (primary N) is 2. The summed E-state index contributed by atoms with van der Waals surface area (Å²) in [6.45, 7) is 1.70. The predicted molar refractivity (Wildman–Crippen MR) is 76.6 cm³/mol. The number of hydrogen-bond donors (Lipinski definition) is 2. The second-order valence-electron chi connectivity index (χ2n) is 5.15. The fourth-order valence-corrected chi connectivity index (χ4v) is 2.77. The first-order valence-electron chi connectivity index (χ1n) is 6.79. The number of anilines is 2. The van der Waals surface area contributed by atoms with Crippen molar-refractivity contribution in [3.8, 4) is 0 Å². The monoisotopic (exact) mass is 290 g/mol. The molecule has 1 aliphatic heterocycles. The van der Waals surface area contributed by atoms with Gasteiger partial charge < -0.3 is 20.9 Å². The lowest BCUT2D eigenvalue weighted by molar-refractivity contribution is 0.0997. The van der Waals surface area contributed by atoms with Crippen LogP contribution in [0.15, 0.2) is 12.7 Å². The van der Waals surface area contributed by atoms with Crippen LogP contribution in [-0.4, -0.2) is 43.3 Å². The lowest BCUT2D eigenvalue weighted by Crippen LogP contribution is -2.36. The molecule has 0 unspecified atom stereocenters. The molecule has 4 N–H and O–H groups in total. The second-order valence-corrected chi connectivity index (χ2v) is 5.15. The Labute approximate surface area is 121 Å². The highest BCUT2D eigenvalue weighted by Crippen LogP contribution is 2.27. The summed E-state index contributed by atoms with van der Waals surface area (Å²) in [5, 5.41) is 4.08. The zero-order valence-electron chi connectivity index (χ0n) is 11.8. The molecule has 0 atom stereocenters. The Morgan fingerprint density at radius 2 is 2.05 bits per heavy atom. The Morgan fingerprint density at radius 3 is 2.57 bits per heavy atom. The average molecular weight is 290 g/mol. The van der Waals surface area contributed by atoms with E-state index in [-0.39, 0.29) is 11.7 Å². The quantitative estimate of drug-likeness (QED) is 0.788. The van der Waals surface area contributed by atoms with E-state index in [4.69, 9.17) is 11.5 Å². The van der Waals surface area contributed by atoms with E-state index in [1.54, 1.807) is 17.3 Å². The van der Waals surface area contributed by atoms with E-state index in [0.717, 1.165) is 31.9 Å². The standard InChI is InChI=1S/C12H18N8O/c1-18-12(15-6-17-18)19-4-2-8(3-5-19)20-7-16-9(10(20)13)11(14)21/h6-8H,2-5,13H2,1H3,(H2,14,21). The van der Waals surface area contributed by atoms with Gasteiger partial charge in [-0.15, -0.1) is 0 Å². The minimum Gasteiger partial charge on any atom is -0.383 e. The van der Waals surface area contributed by atoms with Crippen molar-refractivity contribution in [3.63, 3.8) is 0 Å². The van der Waals surface area contributed by atoms with Crippen LogP contribution in [0.1, 0.15) is 29.4 Å². The van der Waals surface area contributed by atoms with Crippen LogP contribution >= 0.6 is 0 Å². The maximum absolute atomic E-state index is 11.2. The maximum atomic E-state index is 11.2. The molecule has 0 aromatic carbocycles. The van der Waals surface area contributed by atoms with Gasteiger partial charge in [-0.3, -0.25) is 4.79 Å². The summed E-state index contributed by atoms with van der Waals surface area (Å²) in [6.07, 6.45) is 4.93. The van der Waals surface area contributed by atoms with Crippen molar-refractivity contribution < 1.29 is 4.79 Å². The Balaban J connectivity index is 1.71. The molecule has 9 heteroatoms. The number of carbonyl (C=O) groups is 1. The number of carbonyl (C=O) groups excluding carboxylic acids is 1. The minimum absolute atomic E-state index is 0.144. The van der Waals surface area contributed by atoms with E-state index in [0.29, 0.717) is 5.82 Å². The molecule has 2 aromatic heterocycles. The topological polar surface area (TPSA) is 121 Å². The number of rotatable bonds is 3. The molecule has 1 fully saturated rings. The number of aryl methyl sites for hydroxylation is 1. The van der Waals surface area contributed by atoms with Crippen molar-refractivity contribution >= 4 is 17.7 Å². The number of hydrogen-bond acceptors (Lipinski definition) is 6. The van der Waals surface area contributed by atoms with Gasteiger partial charge in [0, 0.05) is 26.2 Å². The SMILES string of the molecule is Cn1ncnc1N1CCC(n2cnc(C(N)=O)c2N)CC1. The number of amides is 1. The fraction of sp³-hybridized carbons (Fsp3) is 0.500. The first kappa shape index (κ1) is 13.4. The fourth-order valence-electron chi connectivity index (χ4n) is 2.77. The van der Waals surface area contributed by atoms with Crippen molar-refractivity contribution in [2.24, 2.45) is 12.8 Å². The molecule has 2 aromatic rings. The third-order valence-electron chi connectivity index (χ3n) is 3.89. The van der Waals surface area contributed by atoms with Crippen LogP contribution in [-0.2, 0) is 7.05 Å². The van der Waals surface area contributed by atoms with Crippen molar-refractivity contribution in [1.29, 1.82) is 0 Å². The highest BCUT2D eigenvalue weighted by atomic mass is 16.1. The Hall–Kier alpha value is -2.58. The number of nitrogens with zero attached hydrogens (tertiary/aromatic N) is 6. The van der Waals surface area contributed by atoms with Crippen LogP contribution in [0.3, 0.4) is 0 Å². The number of aromatic nitrogens is 5. The van der Waals surface area contributed by atoms with Crippen LogP contribution in [0.25, 0.3) is 0 Å². The van der Waals surface area contributed by atoms with Crippen LogP contribution in [0, 0.1) is 0 Å². The van der Waals surface area contributed by atoms with E-state index in [1.165, 1.54) is 0 Å². The third-order valence-corrected chi connectivity index (χ3v) is 3.89. The average Bonchev–Trinajstić information content (AvgIpc) is 3.05. The van der Waals surface area contributed by atoms with Crippen molar-refractivity contribution in [3.05, 3.63) is 18.3 Å². The molecule has 0 aliphatic carbocycles. The van der Waals surface area contributed by atoms with Crippen molar-refractivity contribution in [2.45, 2.75) is 18.9 Å². The smallest absolute Gasteiger partial charge is 0.271 e. The minimum atomic E-state index is -0.595. The van der Waals surface area contributed by atoms with Crippen LogP contribution in [0.5, 0.6) is 0 Å². The van der Waals surface area contributed by atoms with Gasteiger partial charge in [0.25, 0.3) is 5.91 Å². The van der Waals surface area contributed by atoms with Gasteiger partial charge in [-0.1, -0.05) is 0 Å². The molecule has 1 amide bonds. The number of piperidine rings is 1. The highest BCUT2D eigenvalue weighted by molar-refractivity contribution is 5.95. The summed E-state index contributed by atoms with van der Waals surface area (Å²) in [7, 11) is 1.88. The van der Waals surface area contributed by atoms with E-state index < -0.39 is 5.91 Å². The molecule has 112 valence electrons. The normalized spacial score (nSPS) is 16.3. The predicted octanol–water partition coefficient (Wildman–Crippen LogP) is -0.466. The van der Waals surface area contributed by atoms with Gasteiger partial charge in [0.05, 0.1) is 6.33 Å². The molecule has 1 aliphatic rings. The number of primary amides is 1. The molecule has 3 rings (SSSR count). The van der Waals surface area contributed by atoms with Crippen molar-refractivity contribution in [1.82, 2.24) is 24.3 Å². The number of nitrogen functional groups attached to an aromatic ring is 1. The lowest BCUT2D eigenvalue weighted by atomic mass is 10.1. The molecule has 21 heavy (non-hydrogen) atoms. The van der Waals surface area contributed by atoms with Crippen LogP contribution in [0.4, 0.5) is 11.8 Å². The van der Waals surface area contributed by atoms with Gasteiger partial charge in [-0.2, -0.15) is 10.1 Å². The molecule has 0 bridgehead atoms.